The maximum Gasteiger partial charge on any atom is 0.493 e. The van der Waals surface area contributed by atoms with E-state index in [9.17, 15) is 0 Å². The second-order valence-corrected chi connectivity index (χ2v) is 3.14. The van der Waals surface area contributed by atoms with Gasteiger partial charge in [-0.05, 0) is 24.6 Å². The Labute approximate surface area is 82.1 Å². The van der Waals surface area contributed by atoms with Crippen molar-refractivity contribution in [2.45, 2.75) is 6.92 Å². The maximum atomic E-state index is 9.00. The van der Waals surface area contributed by atoms with E-state index in [1.165, 1.54) is 7.11 Å². The molecular weight excluding hydrogens is 190 g/mol. The van der Waals surface area contributed by atoms with Gasteiger partial charge in [-0.15, -0.1) is 0 Å². The Bertz CT molecular complexity index is 315. The number of hydrogen-bond donors (Lipinski definition) is 2. The summed E-state index contributed by atoms with van der Waals surface area (Å²) in [5, 5.41) is 18.3. The molecule has 1 rings (SSSR count). The third kappa shape index (κ3) is 2.15. The van der Waals surface area contributed by atoms with Gasteiger partial charge in [-0.1, -0.05) is 11.6 Å². The van der Waals surface area contributed by atoms with Gasteiger partial charge in [0.25, 0.3) is 0 Å². The molecular formula is C8H10BClO3. The molecule has 0 saturated heterocycles. The molecule has 1 aromatic rings. The van der Waals surface area contributed by atoms with Crippen molar-refractivity contribution in [3.8, 4) is 5.75 Å². The summed E-state index contributed by atoms with van der Waals surface area (Å²) >= 11 is 5.81. The summed E-state index contributed by atoms with van der Waals surface area (Å²) in [4.78, 5) is 0. The molecule has 0 spiro atoms. The first-order valence-electron chi connectivity index (χ1n) is 3.76. The highest BCUT2D eigenvalue weighted by Gasteiger charge is 2.20. The molecule has 5 heteroatoms. The minimum Gasteiger partial charge on any atom is -0.497 e. The van der Waals surface area contributed by atoms with E-state index in [-0.39, 0.29) is 5.46 Å². The number of ether oxygens (including phenoxy) is 1. The first kappa shape index (κ1) is 10.4. The second kappa shape index (κ2) is 4.00. The van der Waals surface area contributed by atoms with Gasteiger partial charge in [0.15, 0.2) is 0 Å². The summed E-state index contributed by atoms with van der Waals surface area (Å²) in [6.07, 6.45) is 0. The topological polar surface area (TPSA) is 49.7 Å². The molecule has 0 heterocycles. The quantitative estimate of drug-likeness (QED) is 0.677. The van der Waals surface area contributed by atoms with Gasteiger partial charge in [0, 0.05) is 10.5 Å². The predicted molar refractivity (Wildman–Crippen MR) is 52.6 cm³/mol. The normalized spacial score (nSPS) is 9.92. The molecule has 2 N–H and O–H groups in total. The lowest BCUT2D eigenvalue weighted by molar-refractivity contribution is 0.403. The summed E-state index contributed by atoms with van der Waals surface area (Å²) < 4.78 is 4.96. The van der Waals surface area contributed by atoms with Gasteiger partial charge in [-0.25, -0.2) is 0 Å². The van der Waals surface area contributed by atoms with E-state index in [2.05, 4.69) is 0 Å². The fourth-order valence-electron chi connectivity index (χ4n) is 1.14. The standard InChI is InChI=1S/C8H10BClO3/c1-5-3-6(10)8(9(11)12)7(4-5)13-2/h3-4,11-12H,1-2H3. The van der Waals surface area contributed by atoms with E-state index in [4.69, 9.17) is 26.4 Å². The van der Waals surface area contributed by atoms with Crippen LogP contribution in [0.1, 0.15) is 5.56 Å². The molecule has 0 aliphatic rings. The van der Waals surface area contributed by atoms with E-state index in [0.717, 1.165) is 5.56 Å². The summed E-state index contributed by atoms with van der Waals surface area (Å²) in [6, 6.07) is 3.35. The Morgan fingerprint density at radius 1 is 1.38 bits per heavy atom. The molecule has 0 aromatic heterocycles. The van der Waals surface area contributed by atoms with E-state index in [1.807, 2.05) is 6.92 Å². The van der Waals surface area contributed by atoms with Crippen molar-refractivity contribution < 1.29 is 14.8 Å². The molecule has 3 nitrogen and oxygen atoms in total. The second-order valence-electron chi connectivity index (χ2n) is 2.74. The Hall–Kier alpha value is -0.705. The van der Waals surface area contributed by atoms with E-state index in [1.54, 1.807) is 12.1 Å². The van der Waals surface area contributed by atoms with Gasteiger partial charge in [0.2, 0.25) is 0 Å². The number of benzene rings is 1. The van der Waals surface area contributed by atoms with E-state index in [0.29, 0.717) is 10.8 Å². The average molecular weight is 200 g/mol. The molecule has 0 unspecified atom stereocenters. The minimum absolute atomic E-state index is 0.203. The zero-order valence-corrected chi connectivity index (χ0v) is 8.17. The molecule has 0 atom stereocenters. The molecule has 0 fully saturated rings. The van der Waals surface area contributed by atoms with Crippen LogP contribution in [0.4, 0.5) is 0 Å². The van der Waals surface area contributed by atoms with Crippen LogP contribution in [0, 0.1) is 6.92 Å². The van der Waals surface area contributed by atoms with Crippen molar-refractivity contribution in [3.05, 3.63) is 22.7 Å². The number of methoxy groups -OCH3 is 1. The maximum absolute atomic E-state index is 9.00. The zero-order chi connectivity index (χ0) is 10.0. The Balaban J connectivity index is 3.30. The van der Waals surface area contributed by atoms with Crippen LogP contribution in [0.3, 0.4) is 0 Å². The van der Waals surface area contributed by atoms with Crippen LogP contribution in [0.15, 0.2) is 12.1 Å². The van der Waals surface area contributed by atoms with E-state index >= 15 is 0 Å². The zero-order valence-electron chi connectivity index (χ0n) is 7.41. The molecule has 1 aromatic carbocycles. The van der Waals surface area contributed by atoms with Crippen LogP contribution in [-0.2, 0) is 0 Å². The summed E-state index contributed by atoms with van der Waals surface area (Å²) in [7, 11) is -0.153. The lowest BCUT2D eigenvalue weighted by Gasteiger charge is -2.10. The monoisotopic (exact) mass is 200 g/mol. The van der Waals surface area contributed by atoms with Crippen molar-refractivity contribution in [1.82, 2.24) is 0 Å². The molecule has 70 valence electrons. The van der Waals surface area contributed by atoms with Crippen LogP contribution >= 0.6 is 11.6 Å². The Morgan fingerprint density at radius 3 is 2.46 bits per heavy atom. The summed E-state index contributed by atoms with van der Waals surface area (Å²) in [6.45, 7) is 1.85. The van der Waals surface area contributed by atoms with Gasteiger partial charge in [-0.2, -0.15) is 0 Å². The van der Waals surface area contributed by atoms with Gasteiger partial charge < -0.3 is 14.8 Å². The third-order valence-corrected chi connectivity index (χ3v) is 2.03. The van der Waals surface area contributed by atoms with Crippen molar-refractivity contribution in [2.75, 3.05) is 7.11 Å². The largest absolute Gasteiger partial charge is 0.497 e. The lowest BCUT2D eigenvalue weighted by Crippen LogP contribution is -2.32. The van der Waals surface area contributed by atoms with Gasteiger partial charge in [0.05, 0.1) is 7.11 Å². The predicted octanol–water partition coefficient (Wildman–Crippen LogP) is 0.337. The van der Waals surface area contributed by atoms with Crippen molar-refractivity contribution in [3.63, 3.8) is 0 Å². The fraction of sp³-hybridized carbons (Fsp3) is 0.250. The van der Waals surface area contributed by atoms with Crippen molar-refractivity contribution >= 4 is 24.2 Å². The number of rotatable bonds is 2. The molecule has 0 radical (unpaired) electrons. The highest BCUT2D eigenvalue weighted by Crippen LogP contribution is 2.18. The first-order valence-corrected chi connectivity index (χ1v) is 4.14. The highest BCUT2D eigenvalue weighted by atomic mass is 35.5. The SMILES string of the molecule is COc1cc(C)cc(Cl)c1B(O)O. The summed E-state index contributed by atoms with van der Waals surface area (Å²) in [5.74, 6) is 0.389. The van der Waals surface area contributed by atoms with Crippen LogP contribution in [0.2, 0.25) is 5.02 Å². The molecule has 0 bridgehead atoms. The molecule has 0 aliphatic heterocycles. The minimum atomic E-state index is -1.61. The Morgan fingerprint density at radius 2 is 2.00 bits per heavy atom. The van der Waals surface area contributed by atoms with Crippen LogP contribution in [0.25, 0.3) is 0 Å². The average Bonchev–Trinajstić information content (AvgIpc) is 2.01. The number of hydrogen-bond acceptors (Lipinski definition) is 3. The first-order chi connectivity index (χ1) is 6.06. The van der Waals surface area contributed by atoms with Crippen LogP contribution in [0.5, 0.6) is 5.75 Å². The Kier molecular flexibility index (Phi) is 3.19. The highest BCUT2D eigenvalue weighted by molar-refractivity contribution is 6.63. The van der Waals surface area contributed by atoms with Gasteiger partial charge in [-0.3, -0.25) is 0 Å². The molecule has 0 saturated carbocycles. The number of halogens is 1. The smallest absolute Gasteiger partial charge is 0.493 e. The fourth-order valence-corrected chi connectivity index (χ4v) is 1.50. The van der Waals surface area contributed by atoms with Crippen LogP contribution < -0.4 is 10.2 Å². The molecule has 0 amide bonds. The third-order valence-electron chi connectivity index (χ3n) is 1.71. The molecule has 0 aliphatic carbocycles. The van der Waals surface area contributed by atoms with Gasteiger partial charge in [0.1, 0.15) is 5.75 Å². The summed E-state index contributed by atoms with van der Waals surface area (Å²) in [5.41, 5.74) is 1.11. The van der Waals surface area contributed by atoms with Gasteiger partial charge >= 0.3 is 7.12 Å². The van der Waals surface area contributed by atoms with Crippen molar-refractivity contribution in [1.29, 1.82) is 0 Å². The lowest BCUT2D eigenvalue weighted by atomic mass is 9.79. The van der Waals surface area contributed by atoms with Crippen LogP contribution in [-0.4, -0.2) is 24.3 Å². The van der Waals surface area contributed by atoms with Crippen molar-refractivity contribution in [2.24, 2.45) is 0 Å². The number of aryl methyl sites for hydroxylation is 1. The molecule has 13 heavy (non-hydrogen) atoms. The van der Waals surface area contributed by atoms with E-state index < -0.39 is 7.12 Å².